The van der Waals surface area contributed by atoms with Crippen molar-refractivity contribution < 1.29 is 14.7 Å². The van der Waals surface area contributed by atoms with Crippen LogP contribution in [0.25, 0.3) is 6.08 Å². The second-order valence-corrected chi connectivity index (χ2v) is 3.87. The zero-order valence-electron chi connectivity index (χ0n) is 10.6. The molecule has 0 atom stereocenters. The third-order valence-electron chi connectivity index (χ3n) is 2.52. The quantitative estimate of drug-likeness (QED) is 0.655. The van der Waals surface area contributed by atoms with E-state index in [0.717, 1.165) is 5.56 Å². The molecule has 0 heterocycles. The van der Waals surface area contributed by atoms with Gasteiger partial charge in [0, 0.05) is 5.28 Å². The summed E-state index contributed by atoms with van der Waals surface area (Å²) >= 11 is 0. The summed E-state index contributed by atoms with van der Waals surface area (Å²) in [5, 5.41) is 16.5. The highest BCUT2D eigenvalue weighted by atomic mass is 16.6. The fourth-order valence-corrected chi connectivity index (χ4v) is 1.52. The summed E-state index contributed by atoms with van der Waals surface area (Å²) in [4.78, 5) is 16.2. The van der Waals surface area contributed by atoms with Gasteiger partial charge in [-0.3, -0.25) is 0 Å². The molecule has 0 spiro atoms. The molecule has 100 valence electrons. The Balaban J connectivity index is 2.21. The van der Waals surface area contributed by atoms with Gasteiger partial charge in [0.25, 0.3) is 0 Å². The van der Waals surface area contributed by atoms with Crippen LogP contribution in [0.5, 0.6) is 5.75 Å². The Bertz CT molecular complexity index is 651. The van der Waals surface area contributed by atoms with E-state index in [0.29, 0.717) is 5.69 Å². The van der Waals surface area contributed by atoms with Crippen molar-refractivity contribution in [1.82, 2.24) is 0 Å². The molecule has 20 heavy (non-hydrogen) atoms. The largest absolute Gasteiger partial charge is 0.478 e. The molecule has 0 saturated carbocycles. The first-order valence-corrected chi connectivity index (χ1v) is 5.83. The lowest BCUT2D eigenvalue weighted by molar-refractivity contribution is 0.0692. The van der Waals surface area contributed by atoms with Crippen molar-refractivity contribution >= 4 is 17.7 Å². The van der Waals surface area contributed by atoms with Crippen LogP contribution in [-0.4, -0.2) is 11.1 Å². The molecule has 5 nitrogen and oxygen atoms in total. The first-order chi connectivity index (χ1) is 9.70. The van der Waals surface area contributed by atoms with E-state index in [1.807, 2.05) is 18.2 Å². The van der Waals surface area contributed by atoms with E-state index in [1.54, 1.807) is 30.3 Å². The van der Waals surface area contributed by atoms with Crippen LogP contribution in [0.15, 0.2) is 65.5 Å². The molecular weight excluding hydrogens is 256 g/mol. The first kappa shape index (κ1) is 13.5. The molecule has 0 fully saturated rings. The Kier molecular flexibility index (Phi) is 4.24. The van der Waals surface area contributed by atoms with Gasteiger partial charge in [-0.1, -0.05) is 36.9 Å². The molecule has 0 saturated heterocycles. The number of benzene rings is 2. The van der Waals surface area contributed by atoms with Crippen LogP contribution in [0.2, 0.25) is 0 Å². The van der Waals surface area contributed by atoms with Gasteiger partial charge < -0.3 is 9.94 Å². The molecule has 0 aliphatic rings. The fraction of sp³-hybridized carbons (Fsp3) is 0. The molecule has 0 unspecified atom stereocenters. The number of hydrogen-bond donors (Lipinski definition) is 1. The maximum Gasteiger partial charge on any atom is 0.339 e. The van der Waals surface area contributed by atoms with Gasteiger partial charge in [-0.05, 0) is 29.8 Å². The number of nitrogens with zero attached hydrogens (tertiary/aromatic N) is 2. The topological polar surface area (TPSA) is 71.2 Å². The Morgan fingerprint density at radius 2 is 1.95 bits per heavy atom. The van der Waals surface area contributed by atoms with Crippen molar-refractivity contribution in [2.24, 2.45) is 10.4 Å². The highest BCUT2D eigenvalue weighted by Gasteiger charge is 2.11. The van der Waals surface area contributed by atoms with E-state index in [1.165, 1.54) is 6.07 Å². The number of carbonyl (C=O) groups is 1. The van der Waals surface area contributed by atoms with Gasteiger partial charge >= 0.3 is 5.97 Å². The molecule has 2 aromatic carbocycles. The maximum atomic E-state index is 11.1. The van der Waals surface area contributed by atoms with E-state index in [9.17, 15) is 4.79 Å². The Morgan fingerprint density at radius 3 is 2.60 bits per heavy atom. The molecule has 0 aliphatic heterocycles. The normalized spacial score (nSPS) is 10.4. The maximum absolute atomic E-state index is 11.1. The Hall–Kier alpha value is -2.95. The van der Waals surface area contributed by atoms with Gasteiger partial charge in [0.1, 0.15) is 5.56 Å². The summed E-state index contributed by atoms with van der Waals surface area (Å²) in [7, 11) is 0. The molecular formula is C15H12N2O3. The van der Waals surface area contributed by atoms with Gasteiger partial charge in [-0.15, -0.1) is 5.11 Å². The van der Waals surface area contributed by atoms with E-state index in [-0.39, 0.29) is 11.3 Å². The number of carboxylic acids is 1. The van der Waals surface area contributed by atoms with Gasteiger partial charge in [-0.2, -0.15) is 0 Å². The Labute approximate surface area is 115 Å². The minimum atomic E-state index is -1.09. The van der Waals surface area contributed by atoms with Crippen molar-refractivity contribution in [3.05, 3.63) is 66.2 Å². The molecule has 0 bridgehead atoms. The number of carboxylic acid groups (broad SMARTS) is 1. The molecule has 1 N–H and O–H groups in total. The van der Waals surface area contributed by atoms with Gasteiger partial charge in [0.2, 0.25) is 0 Å². The van der Waals surface area contributed by atoms with Crippen molar-refractivity contribution in [3.8, 4) is 5.75 Å². The standard InChI is InChI=1S/C15H12N2O3/c1-2-11-8-9-13(15(18)19)14(10-11)20-17-16-12-6-4-3-5-7-12/h2-10H,1H2,(H,18,19). The predicted octanol–water partition coefficient (Wildman–Crippen LogP) is 4.11. The van der Waals surface area contributed by atoms with E-state index in [4.69, 9.17) is 9.94 Å². The van der Waals surface area contributed by atoms with Crippen LogP contribution in [0.1, 0.15) is 15.9 Å². The van der Waals surface area contributed by atoms with Crippen LogP contribution in [-0.2, 0) is 0 Å². The summed E-state index contributed by atoms with van der Waals surface area (Å²) in [6.07, 6.45) is 1.59. The second kappa shape index (κ2) is 6.29. The van der Waals surface area contributed by atoms with E-state index in [2.05, 4.69) is 17.0 Å². The zero-order valence-corrected chi connectivity index (χ0v) is 10.6. The lowest BCUT2D eigenvalue weighted by Crippen LogP contribution is -1.99. The van der Waals surface area contributed by atoms with E-state index < -0.39 is 5.97 Å². The highest BCUT2D eigenvalue weighted by Crippen LogP contribution is 2.22. The SMILES string of the molecule is C=Cc1ccc(C(=O)O)c(ON=Nc2ccccc2)c1. The summed E-state index contributed by atoms with van der Waals surface area (Å²) < 4.78 is 0. The summed E-state index contributed by atoms with van der Waals surface area (Å²) in [5.41, 5.74) is 1.37. The minimum absolute atomic E-state index is 0.0163. The predicted molar refractivity (Wildman–Crippen MR) is 75.1 cm³/mol. The smallest absolute Gasteiger partial charge is 0.339 e. The van der Waals surface area contributed by atoms with Crippen molar-refractivity contribution in [3.63, 3.8) is 0 Å². The third kappa shape index (κ3) is 3.29. The molecule has 0 amide bonds. The first-order valence-electron chi connectivity index (χ1n) is 5.83. The second-order valence-electron chi connectivity index (χ2n) is 3.87. The number of hydrogen-bond acceptors (Lipinski definition) is 4. The van der Waals surface area contributed by atoms with Crippen LogP contribution < -0.4 is 4.84 Å². The molecule has 2 rings (SSSR count). The van der Waals surface area contributed by atoms with Crippen LogP contribution >= 0.6 is 0 Å². The van der Waals surface area contributed by atoms with Crippen LogP contribution in [0.3, 0.4) is 0 Å². The average Bonchev–Trinajstić information content (AvgIpc) is 2.48. The van der Waals surface area contributed by atoms with E-state index >= 15 is 0 Å². The number of aromatic carboxylic acids is 1. The summed E-state index contributed by atoms with van der Waals surface area (Å²) in [6, 6.07) is 13.6. The molecule has 0 aromatic heterocycles. The zero-order chi connectivity index (χ0) is 14.4. The van der Waals surface area contributed by atoms with Crippen LogP contribution in [0, 0.1) is 0 Å². The third-order valence-corrected chi connectivity index (χ3v) is 2.52. The van der Waals surface area contributed by atoms with Crippen molar-refractivity contribution in [2.45, 2.75) is 0 Å². The van der Waals surface area contributed by atoms with Gasteiger partial charge in [-0.25, -0.2) is 4.79 Å². The minimum Gasteiger partial charge on any atom is -0.478 e. The van der Waals surface area contributed by atoms with Crippen molar-refractivity contribution in [2.75, 3.05) is 0 Å². The molecule has 5 heteroatoms. The summed E-state index contributed by atoms with van der Waals surface area (Å²) in [5.74, 6) is -0.972. The molecule has 0 aliphatic carbocycles. The Morgan fingerprint density at radius 1 is 1.20 bits per heavy atom. The lowest BCUT2D eigenvalue weighted by Gasteiger charge is -2.03. The summed E-state index contributed by atoms with van der Waals surface area (Å²) in [6.45, 7) is 3.62. The number of rotatable bonds is 5. The molecule has 2 aromatic rings. The van der Waals surface area contributed by atoms with Crippen LogP contribution in [0.4, 0.5) is 5.69 Å². The van der Waals surface area contributed by atoms with Crippen molar-refractivity contribution in [1.29, 1.82) is 0 Å². The lowest BCUT2D eigenvalue weighted by atomic mass is 10.1. The van der Waals surface area contributed by atoms with Gasteiger partial charge in [0.15, 0.2) is 5.75 Å². The highest BCUT2D eigenvalue weighted by molar-refractivity contribution is 5.91. The van der Waals surface area contributed by atoms with Gasteiger partial charge in [0.05, 0.1) is 5.69 Å². The monoisotopic (exact) mass is 268 g/mol. The average molecular weight is 268 g/mol. The molecule has 0 radical (unpaired) electrons. The fourth-order valence-electron chi connectivity index (χ4n) is 1.52.